The van der Waals surface area contributed by atoms with E-state index < -0.39 is 9.84 Å². The molecule has 0 aliphatic rings. The number of halogens is 2. The van der Waals surface area contributed by atoms with Crippen molar-refractivity contribution >= 4 is 39.1 Å². The number of benzene rings is 3. The highest BCUT2D eigenvalue weighted by molar-refractivity contribution is 7.95. The smallest absolute Gasteiger partial charge is 0.216 e. The third-order valence-corrected chi connectivity index (χ3v) is 6.22. The average molecular weight is 444 g/mol. The Morgan fingerprint density at radius 2 is 1.52 bits per heavy atom. The Bertz CT molecular complexity index is 1180. The Labute approximate surface area is 179 Å². The maximum atomic E-state index is 12.8. The highest BCUT2D eigenvalue weighted by atomic mass is 35.5. The molecule has 3 rings (SSSR count). The van der Waals surface area contributed by atoms with Gasteiger partial charge in [-0.15, -0.1) is 0 Å². The van der Waals surface area contributed by atoms with Gasteiger partial charge in [0.1, 0.15) is 23.3 Å². The van der Waals surface area contributed by atoms with E-state index in [2.05, 4.69) is 0 Å². The van der Waals surface area contributed by atoms with Gasteiger partial charge in [-0.3, -0.25) is 0 Å². The molecule has 0 spiro atoms. The third kappa shape index (κ3) is 5.18. The molecule has 4 nitrogen and oxygen atoms in total. The van der Waals surface area contributed by atoms with Crippen molar-refractivity contribution in [1.29, 1.82) is 5.26 Å². The lowest BCUT2D eigenvalue weighted by molar-refractivity contribution is 0.305. The zero-order valence-corrected chi connectivity index (χ0v) is 17.4. The van der Waals surface area contributed by atoms with Gasteiger partial charge in [0.15, 0.2) is 0 Å². The van der Waals surface area contributed by atoms with E-state index in [-0.39, 0.29) is 16.4 Å². The van der Waals surface area contributed by atoms with Gasteiger partial charge in [-0.1, -0.05) is 53.5 Å². The van der Waals surface area contributed by atoms with Gasteiger partial charge in [-0.2, -0.15) is 5.26 Å². The number of sulfone groups is 1. The van der Waals surface area contributed by atoms with Crippen LogP contribution in [0.3, 0.4) is 0 Å². The quantitative estimate of drug-likeness (QED) is 0.444. The molecule has 0 fully saturated rings. The topological polar surface area (TPSA) is 67.2 Å². The van der Waals surface area contributed by atoms with E-state index in [0.29, 0.717) is 21.4 Å². The van der Waals surface area contributed by atoms with Crippen molar-refractivity contribution in [3.63, 3.8) is 0 Å². The Kier molecular flexibility index (Phi) is 6.60. The van der Waals surface area contributed by atoms with Crippen LogP contribution >= 0.6 is 23.2 Å². The molecule has 7 heteroatoms. The molecular weight excluding hydrogens is 429 g/mol. The summed E-state index contributed by atoms with van der Waals surface area (Å²) in [6.07, 6.45) is 1.31. The van der Waals surface area contributed by atoms with Crippen molar-refractivity contribution in [2.45, 2.75) is 11.5 Å². The fourth-order valence-electron chi connectivity index (χ4n) is 2.52. The summed E-state index contributed by atoms with van der Waals surface area (Å²) in [6, 6.07) is 21.6. The molecule has 0 heterocycles. The van der Waals surface area contributed by atoms with E-state index >= 15 is 0 Å². The summed E-state index contributed by atoms with van der Waals surface area (Å²) < 4.78 is 31.5. The second kappa shape index (κ2) is 9.15. The first kappa shape index (κ1) is 20.9. The van der Waals surface area contributed by atoms with Crippen LogP contribution in [0.15, 0.2) is 82.6 Å². The van der Waals surface area contributed by atoms with Gasteiger partial charge in [0.2, 0.25) is 9.84 Å². The Morgan fingerprint density at radius 1 is 0.931 bits per heavy atom. The summed E-state index contributed by atoms with van der Waals surface area (Å²) in [5.74, 6) is 0.460. The first-order valence-electron chi connectivity index (χ1n) is 8.49. The predicted octanol–water partition coefficient (Wildman–Crippen LogP) is 5.91. The van der Waals surface area contributed by atoms with Crippen molar-refractivity contribution in [1.82, 2.24) is 0 Å². The minimum atomic E-state index is -3.98. The number of allylic oxidation sites excluding steroid dienone is 1. The number of ether oxygens (including phenoxy) is 1. The normalized spacial score (nSPS) is 11.7. The highest BCUT2D eigenvalue weighted by Gasteiger charge is 2.21. The fourth-order valence-corrected chi connectivity index (χ4v) is 3.93. The van der Waals surface area contributed by atoms with E-state index in [1.807, 2.05) is 12.1 Å². The van der Waals surface area contributed by atoms with Crippen molar-refractivity contribution < 1.29 is 13.2 Å². The Morgan fingerprint density at radius 3 is 2.14 bits per heavy atom. The molecule has 146 valence electrons. The van der Waals surface area contributed by atoms with Crippen molar-refractivity contribution in [3.8, 4) is 11.8 Å². The molecule has 3 aromatic rings. The van der Waals surface area contributed by atoms with Crippen molar-refractivity contribution in [3.05, 3.63) is 98.9 Å². The van der Waals surface area contributed by atoms with Crippen LogP contribution in [0.4, 0.5) is 0 Å². The molecule has 3 aromatic carbocycles. The van der Waals surface area contributed by atoms with Crippen LogP contribution in [0, 0.1) is 11.3 Å². The van der Waals surface area contributed by atoms with Crippen LogP contribution in [0.2, 0.25) is 10.0 Å². The first-order chi connectivity index (χ1) is 13.9. The minimum absolute atomic E-state index is 0.00531. The SMILES string of the molecule is N#CC(=Cc1ccccc1OCc1ccc(Cl)cc1)S(=O)(=O)c1ccc(Cl)cc1. The maximum absolute atomic E-state index is 12.8. The lowest BCUT2D eigenvalue weighted by Crippen LogP contribution is -2.04. The van der Waals surface area contributed by atoms with Crippen molar-refractivity contribution in [2.24, 2.45) is 0 Å². The molecule has 0 N–H and O–H groups in total. The van der Waals surface area contributed by atoms with Crippen LogP contribution in [-0.2, 0) is 16.4 Å². The van der Waals surface area contributed by atoms with E-state index in [4.69, 9.17) is 27.9 Å². The lowest BCUT2D eigenvalue weighted by Gasteiger charge is -2.10. The van der Waals surface area contributed by atoms with Gasteiger partial charge >= 0.3 is 0 Å². The molecule has 0 aromatic heterocycles. The number of hydrogen-bond donors (Lipinski definition) is 0. The van der Waals surface area contributed by atoms with Gasteiger partial charge in [-0.05, 0) is 54.1 Å². The molecule has 0 bridgehead atoms. The molecule has 0 radical (unpaired) electrons. The van der Waals surface area contributed by atoms with Crippen LogP contribution in [0.1, 0.15) is 11.1 Å². The molecule has 0 saturated carbocycles. The number of para-hydroxylation sites is 1. The summed E-state index contributed by atoms with van der Waals surface area (Å²) in [4.78, 5) is -0.392. The number of rotatable bonds is 6. The van der Waals surface area contributed by atoms with E-state index in [0.717, 1.165) is 5.56 Å². The van der Waals surface area contributed by atoms with Crippen LogP contribution in [-0.4, -0.2) is 8.42 Å². The highest BCUT2D eigenvalue weighted by Crippen LogP contribution is 2.27. The van der Waals surface area contributed by atoms with E-state index in [1.54, 1.807) is 42.5 Å². The first-order valence-corrected chi connectivity index (χ1v) is 10.7. The standard InChI is InChI=1S/C22H15Cl2NO3S/c23-18-7-5-16(6-8-18)15-28-22-4-2-1-3-17(22)13-21(14-25)29(26,27)20-11-9-19(24)10-12-20/h1-13H,15H2. The zero-order chi connectivity index (χ0) is 20.9. The fraction of sp³-hybridized carbons (Fsp3) is 0.0455. The largest absolute Gasteiger partial charge is 0.488 e. The maximum Gasteiger partial charge on any atom is 0.216 e. The second-order valence-electron chi connectivity index (χ2n) is 6.03. The van der Waals surface area contributed by atoms with Gasteiger partial charge < -0.3 is 4.74 Å². The summed E-state index contributed by atoms with van der Waals surface area (Å²) >= 11 is 11.7. The molecule has 0 saturated heterocycles. The summed E-state index contributed by atoms with van der Waals surface area (Å²) in [5, 5.41) is 10.5. The predicted molar refractivity (Wildman–Crippen MR) is 114 cm³/mol. The molecule has 0 aliphatic heterocycles. The Hall–Kier alpha value is -2.78. The number of nitrogens with zero attached hydrogens (tertiary/aromatic N) is 1. The summed E-state index contributed by atoms with van der Waals surface area (Å²) in [7, 11) is -3.98. The van der Waals surface area contributed by atoms with Crippen LogP contribution in [0.5, 0.6) is 5.75 Å². The van der Waals surface area contributed by atoms with Gasteiger partial charge in [-0.25, -0.2) is 8.42 Å². The summed E-state index contributed by atoms with van der Waals surface area (Å²) in [6.45, 7) is 0.272. The Balaban J connectivity index is 1.91. The summed E-state index contributed by atoms with van der Waals surface area (Å²) in [5.41, 5.74) is 1.39. The lowest BCUT2D eigenvalue weighted by atomic mass is 10.2. The third-order valence-electron chi connectivity index (χ3n) is 4.04. The minimum Gasteiger partial charge on any atom is -0.488 e. The van der Waals surface area contributed by atoms with Gasteiger partial charge in [0, 0.05) is 15.6 Å². The zero-order valence-electron chi connectivity index (χ0n) is 15.0. The monoisotopic (exact) mass is 443 g/mol. The molecule has 0 aliphatic carbocycles. The average Bonchev–Trinajstić information content (AvgIpc) is 2.72. The number of hydrogen-bond acceptors (Lipinski definition) is 4. The van der Waals surface area contributed by atoms with Crippen LogP contribution < -0.4 is 4.74 Å². The molecule has 0 amide bonds. The second-order valence-corrected chi connectivity index (χ2v) is 8.82. The van der Waals surface area contributed by atoms with Crippen LogP contribution in [0.25, 0.3) is 6.08 Å². The molecular formula is C22H15Cl2NO3S. The van der Waals surface area contributed by atoms with E-state index in [9.17, 15) is 13.7 Å². The van der Waals surface area contributed by atoms with Gasteiger partial charge in [0.25, 0.3) is 0 Å². The van der Waals surface area contributed by atoms with Gasteiger partial charge in [0.05, 0.1) is 4.90 Å². The molecule has 0 unspecified atom stereocenters. The molecule has 0 atom stereocenters. The van der Waals surface area contributed by atoms with Crippen molar-refractivity contribution in [2.75, 3.05) is 0 Å². The van der Waals surface area contributed by atoms with E-state index in [1.165, 1.54) is 30.3 Å². The number of nitriles is 1. The molecule has 29 heavy (non-hydrogen) atoms.